The molecule has 23 heavy (non-hydrogen) atoms. The van der Waals surface area contributed by atoms with Crippen LogP contribution >= 0.6 is 11.3 Å². The molecule has 0 atom stereocenters. The topological polar surface area (TPSA) is 112 Å². The van der Waals surface area contributed by atoms with Crippen LogP contribution < -0.4 is 16.0 Å². The average molecular weight is 336 g/mol. The van der Waals surface area contributed by atoms with Crippen molar-refractivity contribution in [2.75, 3.05) is 11.9 Å². The van der Waals surface area contributed by atoms with Gasteiger partial charge in [0.1, 0.15) is 0 Å². The largest absolute Gasteiger partial charge is 0.333 e. The van der Waals surface area contributed by atoms with Crippen LogP contribution in [0.1, 0.15) is 32.2 Å². The van der Waals surface area contributed by atoms with Crippen LogP contribution in [0.15, 0.2) is 17.6 Å². The molecule has 9 heteroatoms. The first-order valence-electron chi connectivity index (χ1n) is 7.10. The summed E-state index contributed by atoms with van der Waals surface area (Å²) in [5, 5.41) is 17.1. The van der Waals surface area contributed by atoms with Crippen LogP contribution in [-0.2, 0) is 16.8 Å². The molecule has 0 unspecified atom stereocenters. The van der Waals surface area contributed by atoms with Crippen molar-refractivity contribution < 1.29 is 9.59 Å². The quantitative estimate of drug-likeness (QED) is 0.664. The van der Waals surface area contributed by atoms with Crippen molar-refractivity contribution in [3.05, 3.63) is 29.0 Å². The highest BCUT2D eigenvalue weighted by Crippen LogP contribution is 2.20. The van der Waals surface area contributed by atoms with Crippen LogP contribution in [-0.4, -0.2) is 33.7 Å². The minimum atomic E-state index is -0.425. The SMILES string of the molecule is CC(C)(C)c1cc(CNC(=O)NCC(=O)Nc2nccs2)[nH]n1. The summed E-state index contributed by atoms with van der Waals surface area (Å²) in [6.45, 7) is 6.38. The van der Waals surface area contributed by atoms with Crippen LogP contribution in [0.25, 0.3) is 0 Å². The van der Waals surface area contributed by atoms with Gasteiger partial charge in [0.25, 0.3) is 0 Å². The summed E-state index contributed by atoms with van der Waals surface area (Å²) < 4.78 is 0. The second-order valence-electron chi connectivity index (χ2n) is 5.95. The zero-order valence-electron chi connectivity index (χ0n) is 13.3. The van der Waals surface area contributed by atoms with Gasteiger partial charge in [0.15, 0.2) is 5.13 Å². The van der Waals surface area contributed by atoms with E-state index in [4.69, 9.17) is 0 Å². The zero-order valence-corrected chi connectivity index (χ0v) is 14.1. The van der Waals surface area contributed by atoms with Gasteiger partial charge >= 0.3 is 6.03 Å². The third-order valence-corrected chi connectivity index (χ3v) is 3.62. The molecule has 2 aromatic heterocycles. The number of rotatable bonds is 5. The molecule has 4 N–H and O–H groups in total. The first kappa shape index (κ1) is 16.9. The van der Waals surface area contributed by atoms with Gasteiger partial charge in [0, 0.05) is 17.0 Å². The Hall–Kier alpha value is -2.42. The van der Waals surface area contributed by atoms with Crippen LogP contribution in [0.2, 0.25) is 0 Å². The number of H-pyrrole nitrogens is 1. The van der Waals surface area contributed by atoms with E-state index in [0.717, 1.165) is 11.4 Å². The molecule has 2 rings (SSSR count). The van der Waals surface area contributed by atoms with Crippen molar-refractivity contribution in [3.63, 3.8) is 0 Å². The van der Waals surface area contributed by atoms with Gasteiger partial charge in [-0.15, -0.1) is 11.3 Å². The monoisotopic (exact) mass is 336 g/mol. The number of anilines is 1. The number of aromatic nitrogens is 3. The highest BCUT2D eigenvalue weighted by atomic mass is 32.1. The maximum Gasteiger partial charge on any atom is 0.315 e. The summed E-state index contributed by atoms with van der Waals surface area (Å²) in [6, 6.07) is 1.49. The lowest BCUT2D eigenvalue weighted by Gasteiger charge is -2.13. The van der Waals surface area contributed by atoms with E-state index in [9.17, 15) is 9.59 Å². The molecule has 0 aromatic carbocycles. The molecular weight excluding hydrogens is 316 g/mol. The number of urea groups is 1. The number of hydrogen-bond donors (Lipinski definition) is 4. The standard InChI is InChI=1S/C14H20N6O2S/c1-14(2,3)10-6-9(19-20-10)7-16-12(22)17-8-11(21)18-13-15-4-5-23-13/h4-6H,7-8H2,1-3H3,(H,19,20)(H,15,18,21)(H2,16,17,22). The molecule has 0 aliphatic heterocycles. The summed E-state index contributed by atoms with van der Waals surface area (Å²) in [7, 11) is 0. The Morgan fingerprint density at radius 3 is 2.70 bits per heavy atom. The summed E-state index contributed by atoms with van der Waals surface area (Å²) in [4.78, 5) is 27.2. The van der Waals surface area contributed by atoms with Gasteiger partial charge in [-0.2, -0.15) is 5.10 Å². The molecule has 0 fully saturated rings. The van der Waals surface area contributed by atoms with E-state index in [1.807, 2.05) is 6.07 Å². The van der Waals surface area contributed by atoms with Crippen molar-refractivity contribution >= 4 is 28.4 Å². The van der Waals surface area contributed by atoms with Crippen LogP contribution in [0.4, 0.5) is 9.93 Å². The molecule has 3 amide bonds. The third kappa shape index (κ3) is 5.37. The van der Waals surface area contributed by atoms with E-state index in [1.165, 1.54) is 11.3 Å². The van der Waals surface area contributed by atoms with Crippen molar-refractivity contribution in [2.45, 2.75) is 32.7 Å². The Balaban J connectivity index is 1.71. The van der Waals surface area contributed by atoms with Crippen LogP contribution in [0.3, 0.4) is 0 Å². The van der Waals surface area contributed by atoms with Gasteiger partial charge in [-0.1, -0.05) is 20.8 Å². The van der Waals surface area contributed by atoms with Gasteiger partial charge in [-0.25, -0.2) is 9.78 Å². The third-order valence-electron chi connectivity index (χ3n) is 2.93. The van der Waals surface area contributed by atoms with E-state index in [-0.39, 0.29) is 17.9 Å². The molecule has 0 radical (unpaired) electrons. The minimum absolute atomic E-state index is 0.0507. The number of aromatic amines is 1. The lowest BCUT2D eigenvalue weighted by Crippen LogP contribution is -2.39. The van der Waals surface area contributed by atoms with Gasteiger partial charge in [-0.3, -0.25) is 9.89 Å². The molecule has 0 bridgehead atoms. The summed E-state index contributed by atoms with van der Waals surface area (Å²) in [5.74, 6) is -0.327. The van der Waals surface area contributed by atoms with E-state index in [0.29, 0.717) is 11.7 Å². The Kier molecular flexibility index (Phi) is 5.32. The Labute approximate surface area is 138 Å². The van der Waals surface area contributed by atoms with Crippen LogP contribution in [0.5, 0.6) is 0 Å². The maximum atomic E-state index is 11.7. The number of carbonyl (C=O) groups excluding carboxylic acids is 2. The van der Waals surface area contributed by atoms with Crippen molar-refractivity contribution in [3.8, 4) is 0 Å². The molecule has 0 saturated carbocycles. The molecule has 0 aliphatic rings. The van der Waals surface area contributed by atoms with Gasteiger partial charge in [0.2, 0.25) is 5.91 Å². The Bertz CT molecular complexity index is 659. The highest BCUT2D eigenvalue weighted by molar-refractivity contribution is 7.13. The predicted octanol–water partition coefficient (Wildman–Crippen LogP) is 1.60. The lowest BCUT2D eigenvalue weighted by atomic mass is 9.92. The van der Waals surface area contributed by atoms with Crippen molar-refractivity contribution in [2.24, 2.45) is 0 Å². The maximum absolute atomic E-state index is 11.7. The fourth-order valence-electron chi connectivity index (χ4n) is 1.68. The number of nitrogens with zero attached hydrogens (tertiary/aromatic N) is 2. The fraction of sp³-hybridized carbons (Fsp3) is 0.429. The van der Waals surface area contributed by atoms with Gasteiger partial charge in [0.05, 0.1) is 24.5 Å². The molecule has 0 saturated heterocycles. The molecule has 0 aliphatic carbocycles. The average Bonchev–Trinajstić information content (AvgIpc) is 3.13. The first-order chi connectivity index (χ1) is 10.8. The van der Waals surface area contributed by atoms with Crippen molar-refractivity contribution in [1.29, 1.82) is 0 Å². The van der Waals surface area contributed by atoms with Gasteiger partial charge in [-0.05, 0) is 6.07 Å². The molecule has 124 valence electrons. The van der Waals surface area contributed by atoms with E-state index in [1.54, 1.807) is 11.6 Å². The summed E-state index contributed by atoms with van der Waals surface area (Å²) >= 11 is 1.31. The van der Waals surface area contributed by atoms with Crippen LogP contribution in [0, 0.1) is 0 Å². The summed E-state index contributed by atoms with van der Waals surface area (Å²) in [5.41, 5.74) is 1.68. The highest BCUT2D eigenvalue weighted by Gasteiger charge is 2.17. The molecule has 2 heterocycles. The molecule has 0 spiro atoms. The normalized spacial score (nSPS) is 11.1. The minimum Gasteiger partial charge on any atom is -0.333 e. The lowest BCUT2D eigenvalue weighted by molar-refractivity contribution is -0.115. The molecule has 8 nitrogen and oxygen atoms in total. The van der Waals surface area contributed by atoms with E-state index in [2.05, 4.69) is 51.9 Å². The zero-order chi connectivity index (χ0) is 16.9. The number of nitrogens with one attached hydrogen (secondary N) is 4. The number of hydrogen-bond acceptors (Lipinski definition) is 5. The number of thiazole rings is 1. The Morgan fingerprint density at radius 2 is 2.09 bits per heavy atom. The second kappa shape index (κ2) is 7.23. The molecular formula is C14H20N6O2S. The first-order valence-corrected chi connectivity index (χ1v) is 7.98. The molecule has 2 aromatic rings. The summed E-state index contributed by atoms with van der Waals surface area (Å²) in [6.07, 6.45) is 1.59. The van der Waals surface area contributed by atoms with E-state index >= 15 is 0 Å². The predicted molar refractivity (Wildman–Crippen MR) is 88.3 cm³/mol. The van der Waals surface area contributed by atoms with Crippen molar-refractivity contribution in [1.82, 2.24) is 25.8 Å². The number of amides is 3. The smallest absolute Gasteiger partial charge is 0.315 e. The Morgan fingerprint density at radius 1 is 1.30 bits per heavy atom. The van der Waals surface area contributed by atoms with E-state index < -0.39 is 6.03 Å². The fourth-order valence-corrected chi connectivity index (χ4v) is 2.23. The van der Waals surface area contributed by atoms with Gasteiger partial charge < -0.3 is 16.0 Å². The number of carbonyl (C=O) groups is 2. The second-order valence-corrected chi connectivity index (χ2v) is 6.84.